The van der Waals surface area contributed by atoms with Gasteiger partial charge in [0.15, 0.2) is 5.78 Å². The highest BCUT2D eigenvalue weighted by molar-refractivity contribution is 7.80. The van der Waals surface area contributed by atoms with Crippen LogP contribution >= 0.6 is 12.6 Å². The molecule has 0 aromatic heterocycles. The maximum Gasteiger partial charge on any atom is 0.320 e. The van der Waals surface area contributed by atoms with E-state index in [1.54, 1.807) is 0 Å². The Morgan fingerprint density at radius 3 is 1.88 bits per heavy atom. The Hall–Kier alpha value is -1.12. The van der Waals surface area contributed by atoms with Gasteiger partial charge >= 0.3 is 11.9 Å². The van der Waals surface area contributed by atoms with E-state index in [2.05, 4.69) is 12.6 Å². The fourth-order valence-corrected chi connectivity index (χ4v) is 1.22. The third-order valence-electron chi connectivity index (χ3n) is 2.01. The summed E-state index contributed by atoms with van der Waals surface area (Å²) in [6.07, 6.45) is -0.481. The molecule has 16 heavy (non-hydrogen) atoms. The first kappa shape index (κ1) is 14.9. The van der Waals surface area contributed by atoms with Crippen molar-refractivity contribution in [2.24, 2.45) is 17.4 Å². The van der Waals surface area contributed by atoms with Crippen molar-refractivity contribution in [1.29, 1.82) is 0 Å². The third-order valence-corrected chi connectivity index (χ3v) is 2.40. The molecule has 1 unspecified atom stereocenters. The minimum absolute atomic E-state index is 0.00901. The summed E-state index contributed by atoms with van der Waals surface area (Å²) in [5.41, 5.74) is 10.5. The van der Waals surface area contributed by atoms with Gasteiger partial charge in [-0.3, -0.25) is 14.4 Å². The van der Waals surface area contributed by atoms with Crippen molar-refractivity contribution in [3.05, 3.63) is 0 Å². The maximum absolute atomic E-state index is 11.5. The van der Waals surface area contributed by atoms with Crippen LogP contribution in [-0.2, 0) is 14.4 Å². The number of carboxylic acids is 2. The summed E-state index contributed by atoms with van der Waals surface area (Å²) >= 11 is 3.76. The number of rotatable bonds is 7. The Morgan fingerprint density at radius 2 is 1.56 bits per heavy atom. The quantitative estimate of drug-likeness (QED) is 0.268. The smallest absolute Gasteiger partial charge is 0.320 e. The van der Waals surface area contributed by atoms with E-state index in [1.165, 1.54) is 0 Å². The number of thiol groups is 1. The Bertz CT molecular complexity index is 296. The number of hydrogen-bond acceptors (Lipinski definition) is 6. The van der Waals surface area contributed by atoms with E-state index in [4.69, 9.17) is 21.7 Å². The van der Waals surface area contributed by atoms with Crippen LogP contribution in [0, 0.1) is 5.92 Å². The molecule has 3 atom stereocenters. The molecule has 0 saturated carbocycles. The molecule has 0 aliphatic carbocycles. The molecule has 0 rings (SSSR count). The van der Waals surface area contributed by atoms with E-state index in [0.29, 0.717) is 0 Å². The lowest BCUT2D eigenvalue weighted by molar-refractivity contribution is -0.147. The molecule has 0 aliphatic rings. The number of nitrogens with two attached hydrogens (primary N) is 2. The van der Waals surface area contributed by atoms with Crippen molar-refractivity contribution in [2.75, 3.05) is 5.75 Å². The van der Waals surface area contributed by atoms with E-state index >= 15 is 0 Å². The van der Waals surface area contributed by atoms with Gasteiger partial charge in [-0.2, -0.15) is 12.6 Å². The molecule has 7 nitrogen and oxygen atoms in total. The molecule has 0 bridgehead atoms. The van der Waals surface area contributed by atoms with Gasteiger partial charge in [-0.1, -0.05) is 0 Å². The van der Waals surface area contributed by atoms with Crippen LogP contribution in [-0.4, -0.2) is 45.8 Å². The molecule has 0 aromatic rings. The topological polar surface area (TPSA) is 144 Å². The minimum atomic E-state index is -1.51. The molecular weight excluding hydrogens is 236 g/mol. The molecule has 0 amide bonds. The summed E-state index contributed by atoms with van der Waals surface area (Å²) in [4.78, 5) is 32.7. The zero-order valence-corrected chi connectivity index (χ0v) is 9.26. The molecule has 0 saturated heterocycles. The first-order valence-electron chi connectivity index (χ1n) is 4.42. The standard InChI is InChI=1S/C8H14N2O5S/c9-4(8(14)15)1-3(7(12)13)6(11)5(10)2-16/h3-5,16H,1-2,9-10H2,(H,12,13)(H,14,15)/t3?,4-,5-/m0/s1. The summed E-state index contributed by atoms with van der Waals surface area (Å²) in [5.74, 6) is -5.07. The zero-order valence-electron chi connectivity index (χ0n) is 8.37. The van der Waals surface area contributed by atoms with E-state index in [-0.39, 0.29) is 5.75 Å². The van der Waals surface area contributed by atoms with Gasteiger partial charge < -0.3 is 21.7 Å². The predicted molar refractivity (Wildman–Crippen MR) is 58.2 cm³/mol. The second-order valence-corrected chi connectivity index (χ2v) is 3.63. The first-order valence-corrected chi connectivity index (χ1v) is 5.05. The lowest BCUT2D eigenvalue weighted by atomic mass is 9.92. The van der Waals surface area contributed by atoms with Crippen molar-refractivity contribution < 1.29 is 24.6 Å². The molecule has 6 N–H and O–H groups in total. The average Bonchev–Trinajstić information content (AvgIpc) is 2.22. The van der Waals surface area contributed by atoms with Gasteiger partial charge in [0.2, 0.25) is 0 Å². The van der Waals surface area contributed by atoms with Gasteiger partial charge in [-0.25, -0.2) is 0 Å². The van der Waals surface area contributed by atoms with Crippen molar-refractivity contribution >= 4 is 30.4 Å². The van der Waals surface area contributed by atoms with Gasteiger partial charge in [0.05, 0.1) is 6.04 Å². The summed E-state index contributed by atoms with van der Waals surface area (Å²) in [6, 6.07) is -2.44. The monoisotopic (exact) mass is 250 g/mol. The Kier molecular flexibility index (Phi) is 6.01. The highest BCUT2D eigenvalue weighted by Gasteiger charge is 2.33. The van der Waals surface area contributed by atoms with E-state index in [1.807, 2.05) is 0 Å². The molecule has 0 heterocycles. The fraction of sp³-hybridized carbons (Fsp3) is 0.625. The summed E-state index contributed by atoms with van der Waals surface area (Å²) < 4.78 is 0. The van der Waals surface area contributed by atoms with Gasteiger partial charge in [-0.15, -0.1) is 0 Å². The van der Waals surface area contributed by atoms with Crippen molar-refractivity contribution in [2.45, 2.75) is 18.5 Å². The van der Waals surface area contributed by atoms with E-state index in [0.717, 1.165) is 0 Å². The van der Waals surface area contributed by atoms with Gasteiger partial charge in [0.1, 0.15) is 12.0 Å². The first-order chi connectivity index (χ1) is 7.31. The summed E-state index contributed by atoms with van der Waals surface area (Å²) in [7, 11) is 0. The zero-order chi connectivity index (χ0) is 12.9. The number of carbonyl (C=O) groups is 3. The normalized spacial score (nSPS) is 16.2. The third kappa shape index (κ3) is 4.17. The number of ketones is 1. The Labute approximate surface area is 97.2 Å². The fourth-order valence-electron chi connectivity index (χ4n) is 1.04. The molecular formula is C8H14N2O5S. The van der Waals surface area contributed by atoms with Crippen LogP contribution in [0.4, 0.5) is 0 Å². The molecule has 0 spiro atoms. The lowest BCUT2D eigenvalue weighted by Crippen LogP contribution is -2.44. The van der Waals surface area contributed by atoms with Gasteiger partial charge in [-0.05, 0) is 6.42 Å². The van der Waals surface area contributed by atoms with Crippen LogP contribution in [0.3, 0.4) is 0 Å². The number of carbonyl (C=O) groups excluding carboxylic acids is 1. The minimum Gasteiger partial charge on any atom is -0.481 e. The number of Topliss-reactive ketones (excluding diaryl/α,β-unsaturated/α-hetero) is 1. The molecule has 8 heteroatoms. The van der Waals surface area contributed by atoms with Crippen LogP contribution in [0.2, 0.25) is 0 Å². The van der Waals surface area contributed by atoms with Gasteiger partial charge in [0, 0.05) is 5.75 Å². The SMILES string of the molecule is N[C@@H](CC(C(=O)O)C(=O)[C@@H](N)CS)C(=O)O. The maximum atomic E-state index is 11.5. The average molecular weight is 250 g/mol. The van der Waals surface area contributed by atoms with Crippen LogP contribution in [0.5, 0.6) is 0 Å². The highest BCUT2D eigenvalue weighted by Crippen LogP contribution is 2.10. The van der Waals surface area contributed by atoms with E-state index < -0.39 is 42.1 Å². The second-order valence-electron chi connectivity index (χ2n) is 3.26. The van der Waals surface area contributed by atoms with Gasteiger partial charge in [0.25, 0.3) is 0 Å². The van der Waals surface area contributed by atoms with E-state index in [9.17, 15) is 14.4 Å². The Balaban J connectivity index is 4.69. The molecule has 92 valence electrons. The number of carboxylic acid groups (broad SMARTS) is 2. The molecule has 0 radical (unpaired) electrons. The molecule has 0 fully saturated rings. The lowest BCUT2D eigenvalue weighted by Gasteiger charge is -2.16. The molecule has 0 aromatic carbocycles. The van der Waals surface area contributed by atoms with Crippen molar-refractivity contribution in [3.8, 4) is 0 Å². The summed E-state index contributed by atoms with van der Waals surface area (Å²) in [6.45, 7) is 0. The molecule has 0 aliphatic heterocycles. The summed E-state index contributed by atoms with van der Waals surface area (Å²) in [5, 5.41) is 17.3. The van der Waals surface area contributed by atoms with Crippen LogP contribution in [0.25, 0.3) is 0 Å². The van der Waals surface area contributed by atoms with Crippen molar-refractivity contribution in [3.63, 3.8) is 0 Å². The highest BCUT2D eigenvalue weighted by atomic mass is 32.1. The van der Waals surface area contributed by atoms with Crippen LogP contribution in [0.1, 0.15) is 6.42 Å². The number of aliphatic carboxylic acids is 2. The van der Waals surface area contributed by atoms with Crippen molar-refractivity contribution in [1.82, 2.24) is 0 Å². The predicted octanol–water partition coefficient (Wildman–Crippen LogP) is -1.68. The Morgan fingerprint density at radius 1 is 1.06 bits per heavy atom. The largest absolute Gasteiger partial charge is 0.481 e. The second kappa shape index (κ2) is 6.46. The van der Waals surface area contributed by atoms with Crippen LogP contribution < -0.4 is 11.5 Å². The van der Waals surface area contributed by atoms with Crippen LogP contribution in [0.15, 0.2) is 0 Å². The number of hydrogen-bond donors (Lipinski definition) is 5.